The number of urea groups is 1. The van der Waals surface area contributed by atoms with Crippen molar-refractivity contribution in [1.82, 2.24) is 35.2 Å². The lowest BCUT2D eigenvalue weighted by Crippen LogP contribution is -2.45. The Hall–Kier alpha value is -2.38. The average molecular weight is 345 g/mol. The van der Waals surface area contributed by atoms with Crippen molar-refractivity contribution in [1.29, 1.82) is 0 Å². The molecule has 1 atom stereocenters. The smallest absolute Gasteiger partial charge is 0.315 e. The van der Waals surface area contributed by atoms with Gasteiger partial charge in [-0.05, 0) is 26.2 Å². The van der Waals surface area contributed by atoms with Crippen molar-refractivity contribution in [3.8, 4) is 0 Å². The van der Waals surface area contributed by atoms with Crippen LogP contribution in [-0.2, 0) is 39.4 Å². The van der Waals surface area contributed by atoms with Crippen molar-refractivity contribution < 1.29 is 4.79 Å². The number of aryl methyl sites for hydroxylation is 4. The lowest BCUT2D eigenvalue weighted by atomic mass is 10.1. The molecule has 2 aromatic rings. The Morgan fingerprint density at radius 2 is 2.08 bits per heavy atom. The van der Waals surface area contributed by atoms with E-state index in [-0.39, 0.29) is 12.1 Å². The molecule has 0 fully saturated rings. The summed E-state index contributed by atoms with van der Waals surface area (Å²) in [6, 6.07) is -0.0583. The number of carbonyl (C=O) groups is 1. The third-order valence-corrected chi connectivity index (χ3v) is 4.75. The number of nitrogens with zero attached hydrogens (tertiary/aromatic N) is 5. The van der Waals surface area contributed by atoms with Gasteiger partial charge in [0.25, 0.3) is 0 Å². The maximum Gasteiger partial charge on any atom is 0.315 e. The van der Waals surface area contributed by atoms with Crippen LogP contribution < -0.4 is 10.6 Å². The van der Waals surface area contributed by atoms with Crippen LogP contribution in [0.15, 0.2) is 0 Å². The zero-order valence-electron chi connectivity index (χ0n) is 15.5. The summed E-state index contributed by atoms with van der Waals surface area (Å²) in [7, 11) is 1.96. The molecule has 0 aliphatic carbocycles. The van der Waals surface area contributed by atoms with E-state index in [1.54, 1.807) is 0 Å². The van der Waals surface area contributed by atoms with E-state index in [2.05, 4.69) is 39.7 Å². The Bertz CT molecular complexity index is 761. The van der Waals surface area contributed by atoms with Gasteiger partial charge < -0.3 is 10.6 Å². The van der Waals surface area contributed by atoms with Gasteiger partial charge in [-0.1, -0.05) is 13.8 Å². The van der Waals surface area contributed by atoms with Gasteiger partial charge in [0, 0.05) is 31.3 Å². The number of aromatic nitrogens is 5. The monoisotopic (exact) mass is 345 g/mol. The highest BCUT2D eigenvalue weighted by Crippen LogP contribution is 2.15. The maximum absolute atomic E-state index is 12.3. The largest absolute Gasteiger partial charge is 0.334 e. The minimum Gasteiger partial charge on any atom is -0.334 e. The second-order valence-corrected chi connectivity index (χ2v) is 6.52. The molecule has 3 heterocycles. The first-order chi connectivity index (χ1) is 12.0. The summed E-state index contributed by atoms with van der Waals surface area (Å²) >= 11 is 0. The SMILES string of the molecule is CCc1nn(C)c(CC)c1CNC(=O)N[C@H]1CCc2nc(C)nn2C1. The van der Waals surface area contributed by atoms with Crippen molar-refractivity contribution in [2.45, 2.75) is 65.6 Å². The van der Waals surface area contributed by atoms with E-state index in [0.29, 0.717) is 13.1 Å². The van der Waals surface area contributed by atoms with Crippen LogP contribution in [0.2, 0.25) is 0 Å². The fourth-order valence-corrected chi connectivity index (χ4v) is 3.55. The zero-order valence-corrected chi connectivity index (χ0v) is 15.5. The third-order valence-electron chi connectivity index (χ3n) is 4.75. The third kappa shape index (κ3) is 3.67. The van der Waals surface area contributed by atoms with E-state index in [1.165, 1.54) is 5.69 Å². The van der Waals surface area contributed by atoms with Crippen LogP contribution in [0.1, 0.15) is 48.9 Å². The van der Waals surface area contributed by atoms with Crippen LogP contribution in [0.25, 0.3) is 0 Å². The summed E-state index contributed by atoms with van der Waals surface area (Å²) in [4.78, 5) is 16.7. The molecule has 25 heavy (non-hydrogen) atoms. The Morgan fingerprint density at radius 3 is 2.80 bits per heavy atom. The Labute approximate surface area is 148 Å². The maximum atomic E-state index is 12.3. The summed E-state index contributed by atoms with van der Waals surface area (Å²) in [5, 5.41) is 15.0. The molecule has 1 aliphatic heterocycles. The average Bonchev–Trinajstić information content (AvgIpc) is 3.10. The molecule has 0 saturated carbocycles. The number of carbonyl (C=O) groups excluding carboxylic acids is 1. The molecule has 2 N–H and O–H groups in total. The topological polar surface area (TPSA) is 89.7 Å². The second kappa shape index (κ2) is 7.25. The van der Waals surface area contributed by atoms with E-state index in [1.807, 2.05) is 23.3 Å². The van der Waals surface area contributed by atoms with Gasteiger partial charge in [-0.15, -0.1) is 0 Å². The predicted molar refractivity (Wildman–Crippen MR) is 94.2 cm³/mol. The van der Waals surface area contributed by atoms with Crippen LogP contribution in [0.4, 0.5) is 4.79 Å². The normalized spacial score (nSPS) is 16.6. The number of rotatable bonds is 5. The van der Waals surface area contributed by atoms with Gasteiger partial charge in [-0.2, -0.15) is 10.2 Å². The number of amides is 2. The Balaban J connectivity index is 1.57. The van der Waals surface area contributed by atoms with E-state index in [9.17, 15) is 4.79 Å². The first kappa shape index (κ1) is 17.4. The fraction of sp³-hybridized carbons (Fsp3) is 0.647. The molecule has 0 spiro atoms. The summed E-state index contributed by atoms with van der Waals surface area (Å²) in [6.45, 7) is 7.28. The zero-order chi connectivity index (χ0) is 18.0. The summed E-state index contributed by atoms with van der Waals surface area (Å²) in [5.41, 5.74) is 3.37. The Kier molecular flexibility index (Phi) is 5.06. The molecule has 136 valence electrons. The van der Waals surface area contributed by atoms with Gasteiger partial charge in [0.1, 0.15) is 11.6 Å². The molecule has 1 aliphatic rings. The summed E-state index contributed by atoms with van der Waals surface area (Å²) < 4.78 is 3.82. The van der Waals surface area contributed by atoms with Gasteiger partial charge >= 0.3 is 6.03 Å². The van der Waals surface area contributed by atoms with Crippen LogP contribution in [0.3, 0.4) is 0 Å². The van der Waals surface area contributed by atoms with Gasteiger partial charge in [-0.3, -0.25) is 4.68 Å². The molecular formula is C17H27N7O. The van der Waals surface area contributed by atoms with Gasteiger partial charge in [0.05, 0.1) is 18.3 Å². The quantitative estimate of drug-likeness (QED) is 0.854. The Morgan fingerprint density at radius 1 is 1.28 bits per heavy atom. The van der Waals surface area contributed by atoms with Crippen molar-refractivity contribution in [2.24, 2.45) is 7.05 Å². The molecule has 0 aromatic carbocycles. The highest BCUT2D eigenvalue weighted by Gasteiger charge is 2.22. The van der Waals surface area contributed by atoms with Crippen LogP contribution >= 0.6 is 0 Å². The van der Waals surface area contributed by atoms with E-state index < -0.39 is 0 Å². The summed E-state index contributed by atoms with van der Waals surface area (Å²) in [6.07, 6.45) is 3.50. The van der Waals surface area contributed by atoms with E-state index >= 15 is 0 Å². The molecule has 3 rings (SSSR count). The standard InChI is InChI=1S/C17H27N7O/c1-5-14-13(15(6-2)23(4)22-14)9-18-17(25)20-12-7-8-16-19-11(3)21-24(16)10-12/h12H,5-10H2,1-4H3,(H2,18,20,25)/t12-/m0/s1. The first-order valence-corrected chi connectivity index (χ1v) is 9.00. The molecular weight excluding hydrogens is 318 g/mol. The highest BCUT2D eigenvalue weighted by atomic mass is 16.2. The molecule has 2 aromatic heterocycles. The lowest BCUT2D eigenvalue weighted by molar-refractivity contribution is 0.231. The molecule has 8 heteroatoms. The minimum absolute atomic E-state index is 0.0822. The molecule has 2 amide bonds. The number of hydrogen-bond donors (Lipinski definition) is 2. The summed E-state index contributed by atoms with van der Waals surface area (Å²) in [5.74, 6) is 1.79. The fourth-order valence-electron chi connectivity index (χ4n) is 3.55. The molecule has 0 bridgehead atoms. The van der Waals surface area contributed by atoms with Gasteiger partial charge in [0.2, 0.25) is 0 Å². The highest BCUT2D eigenvalue weighted by molar-refractivity contribution is 5.74. The molecule has 0 radical (unpaired) electrons. The van der Waals surface area contributed by atoms with Crippen molar-refractivity contribution in [3.05, 3.63) is 28.6 Å². The van der Waals surface area contributed by atoms with E-state index in [0.717, 1.165) is 48.6 Å². The van der Waals surface area contributed by atoms with E-state index in [4.69, 9.17) is 0 Å². The second-order valence-electron chi connectivity index (χ2n) is 6.52. The number of hydrogen-bond acceptors (Lipinski definition) is 4. The molecule has 0 saturated heterocycles. The predicted octanol–water partition coefficient (Wildman–Crippen LogP) is 1.26. The van der Waals surface area contributed by atoms with Crippen LogP contribution in [0, 0.1) is 6.92 Å². The van der Waals surface area contributed by atoms with Crippen molar-refractivity contribution >= 4 is 6.03 Å². The molecule has 8 nitrogen and oxygen atoms in total. The van der Waals surface area contributed by atoms with Gasteiger partial charge in [0.15, 0.2) is 0 Å². The minimum atomic E-state index is -0.141. The van der Waals surface area contributed by atoms with Crippen molar-refractivity contribution in [2.75, 3.05) is 0 Å². The first-order valence-electron chi connectivity index (χ1n) is 9.00. The lowest BCUT2D eigenvalue weighted by Gasteiger charge is -2.23. The molecule has 0 unspecified atom stereocenters. The van der Waals surface area contributed by atoms with Gasteiger partial charge in [-0.25, -0.2) is 14.5 Å². The number of fused-ring (bicyclic) bond motifs is 1. The van der Waals surface area contributed by atoms with Crippen molar-refractivity contribution in [3.63, 3.8) is 0 Å². The van der Waals surface area contributed by atoms with Crippen LogP contribution in [0.5, 0.6) is 0 Å². The van der Waals surface area contributed by atoms with Crippen LogP contribution in [-0.4, -0.2) is 36.6 Å². The number of nitrogens with one attached hydrogen (secondary N) is 2.